The van der Waals surface area contributed by atoms with Crippen molar-refractivity contribution in [2.45, 2.75) is 32.0 Å². The van der Waals surface area contributed by atoms with Crippen molar-refractivity contribution in [3.05, 3.63) is 18.7 Å². The van der Waals surface area contributed by atoms with E-state index in [1.54, 1.807) is 0 Å². The van der Waals surface area contributed by atoms with Gasteiger partial charge < -0.3 is 9.84 Å². The molecule has 15 heavy (non-hydrogen) atoms. The first-order valence-corrected chi connectivity index (χ1v) is 4.14. The highest BCUT2D eigenvalue weighted by Crippen LogP contribution is 2.34. The van der Waals surface area contributed by atoms with Crippen LogP contribution in [0.4, 0.5) is 13.2 Å². The number of imidazole rings is 1. The highest BCUT2D eigenvalue weighted by Gasteiger charge is 2.50. The molecule has 0 amide bonds. The average molecular weight is 224 g/mol. The number of aliphatic hydroxyl groups is 1. The molecule has 0 radical (unpaired) electrons. The van der Waals surface area contributed by atoms with Gasteiger partial charge in [0.05, 0.1) is 6.33 Å². The predicted molar refractivity (Wildman–Crippen MR) is 44.7 cm³/mol. The third-order valence-corrected chi connectivity index (χ3v) is 1.86. The topological polar surface area (TPSA) is 47.3 Å². The highest BCUT2D eigenvalue weighted by atomic mass is 19.4. The van der Waals surface area contributed by atoms with Gasteiger partial charge in [0.1, 0.15) is 0 Å². The van der Waals surface area contributed by atoms with Crippen molar-refractivity contribution in [2.75, 3.05) is 0 Å². The Balaban J connectivity index is 2.70. The van der Waals surface area contributed by atoms with Crippen molar-refractivity contribution >= 4 is 0 Å². The maximum absolute atomic E-state index is 12.4. The van der Waals surface area contributed by atoms with Crippen LogP contribution < -0.4 is 0 Å². The predicted octanol–water partition coefficient (Wildman–Crippen LogP) is 1.69. The van der Waals surface area contributed by atoms with Crippen molar-refractivity contribution in [1.29, 1.82) is 0 Å². The summed E-state index contributed by atoms with van der Waals surface area (Å²) >= 11 is 0. The van der Waals surface area contributed by atoms with Crippen molar-refractivity contribution in [3.8, 4) is 0 Å². The number of alkyl halides is 3. The summed E-state index contributed by atoms with van der Waals surface area (Å²) in [5.74, 6) is 0. The molecule has 1 heterocycles. The number of hydrogen-bond donors (Lipinski definition) is 1. The zero-order chi connectivity index (χ0) is 11.7. The minimum atomic E-state index is -4.55. The van der Waals surface area contributed by atoms with E-state index in [0.717, 1.165) is 24.7 Å². The minimum Gasteiger partial charge on any atom is -0.351 e. The summed E-state index contributed by atoms with van der Waals surface area (Å²) in [6.45, 7) is 1.68. The molecule has 1 N–H and O–H groups in total. The molecule has 7 heteroatoms. The molecule has 1 aromatic rings. The molecule has 0 spiro atoms. The molecule has 1 aromatic heterocycles. The summed E-state index contributed by atoms with van der Waals surface area (Å²) in [5, 5.41) is 9.31. The maximum Gasteiger partial charge on any atom is 0.417 e. The van der Waals surface area contributed by atoms with Crippen LogP contribution >= 0.6 is 0 Å². The van der Waals surface area contributed by atoms with Crippen LogP contribution in [0.5, 0.6) is 0 Å². The SMILES string of the molecule is CC(C)(OC(O)n1ccnc1)C(F)(F)F. The molecule has 0 bridgehead atoms. The Morgan fingerprint density at radius 1 is 1.40 bits per heavy atom. The van der Waals surface area contributed by atoms with Crippen molar-refractivity contribution in [3.63, 3.8) is 0 Å². The standard InChI is InChI=1S/C8H11F3N2O2/c1-7(2,8(9,10)11)15-6(14)13-4-3-12-5-13/h3-6,14H,1-2H3. The van der Waals surface area contributed by atoms with E-state index in [0.29, 0.717) is 0 Å². The van der Waals surface area contributed by atoms with E-state index in [9.17, 15) is 18.3 Å². The Hall–Kier alpha value is -1.08. The van der Waals surface area contributed by atoms with E-state index in [1.165, 1.54) is 12.4 Å². The molecule has 1 atom stereocenters. The zero-order valence-electron chi connectivity index (χ0n) is 8.19. The molecule has 0 aliphatic carbocycles. The van der Waals surface area contributed by atoms with Crippen LogP contribution in [0.2, 0.25) is 0 Å². The summed E-state index contributed by atoms with van der Waals surface area (Å²) in [5.41, 5.74) is -2.42. The molecule has 0 saturated heterocycles. The Morgan fingerprint density at radius 2 is 2.00 bits per heavy atom. The number of rotatable bonds is 3. The number of nitrogens with zero attached hydrogens (tertiary/aromatic N) is 2. The molecule has 0 aliphatic rings. The van der Waals surface area contributed by atoms with Crippen LogP contribution in [0, 0.1) is 0 Å². The molecule has 0 aromatic carbocycles. The first-order valence-electron chi connectivity index (χ1n) is 4.14. The van der Waals surface area contributed by atoms with E-state index in [-0.39, 0.29) is 0 Å². The van der Waals surface area contributed by atoms with Crippen molar-refractivity contribution in [1.82, 2.24) is 9.55 Å². The van der Waals surface area contributed by atoms with Gasteiger partial charge in [-0.2, -0.15) is 13.2 Å². The molecule has 1 unspecified atom stereocenters. The lowest BCUT2D eigenvalue weighted by atomic mass is 10.1. The molecule has 0 saturated carbocycles. The fraction of sp³-hybridized carbons (Fsp3) is 0.625. The van der Waals surface area contributed by atoms with Crippen molar-refractivity contribution < 1.29 is 23.0 Å². The number of hydrogen-bond acceptors (Lipinski definition) is 3. The van der Waals surface area contributed by atoms with Gasteiger partial charge in [-0.1, -0.05) is 0 Å². The number of aliphatic hydroxyl groups excluding tert-OH is 1. The van der Waals surface area contributed by atoms with Gasteiger partial charge in [0.25, 0.3) is 0 Å². The first kappa shape index (κ1) is 12.0. The van der Waals surface area contributed by atoms with Gasteiger partial charge in [0, 0.05) is 12.4 Å². The Bertz CT molecular complexity index is 308. The quantitative estimate of drug-likeness (QED) is 0.795. The third-order valence-electron chi connectivity index (χ3n) is 1.86. The average Bonchev–Trinajstić information content (AvgIpc) is 2.51. The second-order valence-corrected chi connectivity index (χ2v) is 3.46. The van der Waals surface area contributed by atoms with E-state index in [2.05, 4.69) is 9.72 Å². The zero-order valence-corrected chi connectivity index (χ0v) is 8.19. The number of aromatic nitrogens is 2. The van der Waals surface area contributed by atoms with Crippen LogP contribution in [-0.4, -0.2) is 26.4 Å². The van der Waals surface area contributed by atoms with Gasteiger partial charge in [-0.15, -0.1) is 0 Å². The summed E-state index contributed by atoms with van der Waals surface area (Å²) in [7, 11) is 0. The molecule has 0 aliphatic heterocycles. The second-order valence-electron chi connectivity index (χ2n) is 3.46. The highest BCUT2D eigenvalue weighted by molar-refractivity contribution is 4.80. The summed E-state index contributed by atoms with van der Waals surface area (Å²) in [4.78, 5) is 3.58. The maximum atomic E-state index is 12.4. The van der Waals surface area contributed by atoms with Gasteiger partial charge in [-0.3, -0.25) is 4.57 Å². The minimum absolute atomic E-state index is 0.840. The normalized spacial score (nSPS) is 15.3. The molecule has 1 rings (SSSR count). The fourth-order valence-electron chi connectivity index (χ4n) is 0.791. The van der Waals surface area contributed by atoms with Crippen LogP contribution in [0.15, 0.2) is 18.7 Å². The number of halogens is 3. The third kappa shape index (κ3) is 2.69. The van der Waals surface area contributed by atoms with Crippen LogP contribution in [-0.2, 0) is 4.74 Å². The smallest absolute Gasteiger partial charge is 0.351 e. The van der Waals surface area contributed by atoms with Gasteiger partial charge in [0.2, 0.25) is 6.41 Å². The van der Waals surface area contributed by atoms with Crippen LogP contribution in [0.25, 0.3) is 0 Å². The van der Waals surface area contributed by atoms with E-state index >= 15 is 0 Å². The second kappa shape index (κ2) is 3.82. The van der Waals surface area contributed by atoms with E-state index in [1.807, 2.05) is 0 Å². The lowest BCUT2D eigenvalue weighted by Crippen LogP contribution is -2.43. The van der Waals surface area contributed by atoms with Crippen LogP contribution in [0.3, 0.4) is 0 Å². The van der Waals surface area contributed by atoms with E-state index in [4.69, 9.17) is 0 Å². The van der Waals surface area contributed by atoms with Crippen LogP contribution in [0.1, 0.15) is 20.3 Å². The monoisotopic (exact) mass is 224 g/mol. The fourth-order valence-corrected chi connectivity index (χ4v) is 0.791. The van der Waals surface area contributed by atoms with Gasteiger partial charge >= 0.3 is 6.18 Å². The van der Waals surface area contributed by atoms with Gasteiger partial charge in [-0.05, 0) is 13.8 Å². The van der Waals surface area contributed by atoms with E-state index < -0.39 is 18.2 Å². The summed E-state index contributed by atoms with van der Waals surface area (Å²) in [6.07, 6.45) is -2.46. The molecular formula is C8H11F3N2O2. The van der Waals surface area contributed by atoms with Gasteiger partial charge in [0.15, 0.2) is 5.60 Å². The van der Waals surface area contributed by atoms with Crippen molar-refractivity contribution in [2.24, 2.45) is 0 Å². The largest absolute Gasteiger partial charge is 0.417 e. The van der Waals surface area contributed by atoms with Gasteiger partial charge in [-0.25, -0.2) is 4.98 Å². The molecule has 0 fully saturated rings. The summed E-state index contributed by atoms with van der Waals surface area (Å²) < 4.78 is 42.6. The Labute approximate surface area is 84.3 Å². The molecule has 4 nitrogen and oxygen atoms in total. The molecular weight excluding hydrogens is 213 g/mol. The lowest BCUT2D eigenvalue weighted by molar-refractivity contribution is -0.322. The number of ether oxygens (including phenoxy) is 1. The first-order chi connectivity index (χ1) is 6.74. The Morgan fingerprint density at radius 3 is 2.40 bits per heavy atom. The summed E-state index contributed by atoms with van der Waals surface area (Å²) in [6, 6.07) is 0. The lowest BCUT2D eigenvalue weighted by Gasteiger charge is -2.30. The molecule has 86 valence electrons. The Kier molecular flexibility index (Phi) is 3.05.